The van der Waals surface area contributed by atoms with E-state index in [-0.39, 0.29) is 16.9 Å². The number of Topliss-reactive ketones (excluding diaryl/α,β-unsaturated/α-hetero) is 1. The van der Waals surface area contributed by atoms with E-state index in [1.165, 1.54) is 0 Å². The highest BCUT2D eigenvalue weighted by Crippen LogP contribution is 2.41. The predicted molar refractivity (Wildman–Crippen MR) is 110 cm³/mol. The summed E-state index contributed by atoms with van der Waals surface area (Å²) >= 11 is 3.51. The first kappa shape index (κ1) is 20.1. The van der Waals surface area contributed by atoms with Gasteiger partial charge in [-0.25, -0.2) is 0 Å². The first-order chi connectivity index (χ1) is 11.6. The van der Waals surface area contributed by atoms with Crippen LogP contribution in [0, 0.1) is 0 Å². The molecular formula is C20H27BrO3Si. The Hall–Kier alpha value is -1.17. The minimum absolute atomic E-state index is 0.102. The molecule has 1 atom stereocenters. The monoisotopic (exact) mass is 422 g/mol. The van der Waals surface area contributed by atoms with Crippen molar-refractivity contribution in [2.75, 3.05) is 6.61 Å². The van der Waals surface area contributed by atoms with Crippen LogP contribution >= 0.6 is 15.9 Å². The fraction of sp³-hybridized carbons (Fsp3) is 0.450. The maximum Gasteiger partial charge on any atom is 0.192 e. The summed E-state index contributed by atoms with van der Waals surface area (Å²) in [7, 11) is -1.93. The number of carbonyl (C=O) groups is 1. The molecule has 25 heavy (non-hydrogen) atoms. The molecule has 0 saturated heterocycles. The maximum absolute atomic E-state index is 12.6. The zero-order valence-electron chi connectivity index (χ0n) is 15.7. The van der Waals surface area contributed by atoms with Gasteiger partial charge in [-0.05, 0) is 46.2 Å². The Morgan fingerprint density at radius 2 is 2.04 bits per heavy atom. The Balaban J connectivity index is 2.33. The van der Waals surface area contributed by atoms with E-state index in [4.69, 9.17) is 9.16 Å². The molecule has 0 aromatic heterocycles. The van der Waals surface area contributed by atoms with Crippen LogP contribution in [0.3, 0.4) is 0 Å². The Morgan fingerprint density at radius 1 is 1.36 bits per heavy atom. The van der Waals surface area contributed by atoms with E-state index in [1.54, 1.807) is 6.08 Å². The molecule has 1 aromatic carbocycles. The lowest BCUT2D eigenvalue weighted by atomic mass is 10.0. The zero-order chi connectivity index (χ0) is 18.8. The molecule has 1 aliphatic carbocycles. The summed E-state index contributed by atoms with van der Waals surface area (Å²) in [4.78, 5) is 12.6. The van der Waals surface area contributed by atoms with Gasteiger partial charge in [0.15, 0.2) is 14.1 Å². The lowest BCUT2D eigenvalue weighted by molar-refractivity contribution is -0.114. The molecule has 0 saturated carbocycles. The van der Waals surface area contributed by atoms with Crippen molar-refractivity contribution in [2.24, 2.45) is 0 Å². The lowest BCUT2D eigenvalue weighted by Crippen LogP contribution is -2.43. The van der Waals surface area contributed by atoms with Crippen molar-refractivity contribution < 1.29 is 14.0 Å². The summed E-state index contributed by atoms with van der Waals surface area (Å²) in [6, 6.07) is 5.74. The lowest BCUT2D eigenvalue weighted by Gasteiger charge is -2.37. The zero-order valence-corrected chi connectivity index (χ0v) is 18.3. The fourth-order valence-corrected chi connectivity index (χ4v) is 4.25. The number of rotatable bonds is 6. The molecule has 1 aliphatic rings. The summed E-state index contributed by atoms with van der Waals surface area (Å²) in [6.45, 7) is 15.1. The average molecular weight is 423 g/mol. The fourth-order valence-electron chi connectivity index (χ4n) is 2.51. The highest BCUT2D eigenvalue weighted by atomic mass is 79.9. The van der Waals surface area contributed by atoms with Crippen LogP contribution in [-0.4, -0.2) is 26.8 Å². The van der Waals surface area contributed by atoms with Gasteiger partial charge in [0.1, 0.15) is 12.4 Å². The van der Waals surface area contributed by atoms with Crippen molar-refractivity contribution in [1.82, 2.24) is 0 Å². The number of hydrogen-bond acceptors (Lipinski definition) is 3. The molecule has 2 rings (SSSR count). The number of para-hydroxylation sites is 1. The molecule has 0 spiro atoms. The predicted octanol–water partition coefficient (Wildman–Crippen LogP) is 5.76. The summed E-state index contributed by atoms with van der Waals surface area (Å²) < 4.78 is 13.0. The van der Waals surface area contributed by atoms with Crippen molar-refractivity contribution >= 4 is 35.6 Å². The van der Waals surface area contributed by atoms with Gasteiger partial charge < -0.3 is 9.16 Å². The van der Waals surface area contributed by atoms with Gasteiger partial charge in [-0.15, -0.1) is 0 Å². The summed E-state index contributed by atoms with van der Waals surface area (Å²) in [5, 5.41) is 0.112. The van der Waals surface area contributed by atoms with Crippen LogP contribution in [-0.2, 0) is 9.22 Å². The molecule has 0 unspecified atom stereocenters. The third kappa shape index (κ3) is 4.52. The van der Waals surface area contributed by atoms with Crippen molar-refractivity contribution in [2.45, 2.75) is 51.4 Å². The van der Waals surface area contributed by atoms with E-state index >= 15 is 0 Å². The third-order valence-electron chi connectivity index (χ3n) is 4.89. The van der Waals surface area contributed by atoms with E-state index in [1.807, 2.05) is 24.3 Å². The maximum atomic E-state index is 12.6. The van der Waals surface area contributed by atoms with E-state index < -0.39 is 8.32 Å². The molecular weight excluding hydrogens is 396 g/mol. The van der Waals surface area contributed by atoms with Crippen molar-refractivity contribution in [3.05, 3.63) is 47.0 Å². The second kappa shape index (κ2) is 7.60. The Morgan fingerprint density at radius 3 is 2.64 bits per heavy atom. The van der Waals surface area contributed by atoms with Crippen LogP contribution in [0.2, 0.25) is 18.1 Å². The number of ketones is 1. The Labute approximate surface area is 160 Å². The van der Waals surface area contributed by atoms with Gasteiger partial charge in [0.05, 0.1) is 10.6 Å². The molecule has 0 amide bonds. The second-order valence-electron chi connectivity index (χ2n) is 7.84. The smallest absolute Gasteiger partial charge is 0.192 e. The second-order valence-corrected chi connectivity index (χ2v) is 13.5. The van der Waals surface area contributed by atoms with Crippen molar-refractivity contribution in [3.63, 3.8) is 0 Å². The topological polar surface area (TPSA) is 35.5 Å². The first-order valence-corrected chi connectivity index (χ1v) is 12.2. The molecule has 1 aromatic rings. The number of carbonyl (C=O) groups excluding carboxylic acids is 1. The highest BCUT2D eigenvalue weighted by molar-refractivity contribution is 9.10. The van der Waals surface area contributed by atoms with E-state index in [0.29, 0.717) is 24.4 Å². The highest BCUT2D eigenvalue weighted by Gasteiger charge is 2.40. The number of ether oxygens (including phenoxy) is 1. The molecule has 0 heterocycles. The van der Waals surface area contributed by atoms with Gasteiger partial charge in [0, 0.05) is 17.6 Å². The van der Waals surface area contributed by atoms with Crippen LogP contribution in [0.15, 0.2) is 41.4 Å². The molecule has 0 N–H and O–H groups in total. The molecule has 3 nitrogen and oxygen atoms in total. The minimum Gasteiger partial charge on any atom is -0.488 e. The normalized spacial score (nSPS) is 18.2. The standard InChI is InChI=1S/C20H27BrO3Si/c1-7-11-23-19-15(9-8-10-17(19)21)16-12-14(13-18(16)22)24-25(5,6)20(2,3)4/h7-10,12,14H,1,11,13H2,2-6H3/t14-/m0/s1. The number of benzene rings is 1. The van der Waals surface area contributed by atoms with Crippen molar-refractivity contribution in [1.29, 1.82) is 0 Å². The van der Waals surface area contributed by atoms with Crippen LogP contribution in [0.5, 0.6) is 5.75 Å². The number of allylic oxidation sites excluding steroid dienone is 1. The van der Waals surface area contributed by atoms with E-state index in [0.717, 1.165) is 10.0 Å². The quantitative estimate of drug-likeness (QED) is 0.431. The molecule has 0 bridgehead atoms. The molecule has 0 aliphatic heterocycles. The number of hydrogen-bond donors (Lipinski definition) is 0. The average Bonchev–Trinajstić information content (AvgIpc) is 2.84. The van der Waals surface area contributed by atoms with E-state index in [2.05, 4.69) is 56.4 Å². The first-order valence-electron chi connectivity index (χ1n) is 8.52. The molecule has 0 radical (unpaired) electrons. The minimum atomic E-state index is -1.93. The van der Waals surface area contributed by atoms with Gasteiger partial charge in [-0.1, -0.05) is 45.6 Å². The van der Waals surface area contributed by atoms with E-state index in [9.17, 15) is 4.79 Å². The Bertz CT molecular complexity index is 701. The largest absolute Gasteiger partial charge is 0.488 e. The van der Waals surface area contributed by atoms with Crippen LogP contribution in [0.25, 0.3) is 5.57 Å². The van der Waals surface area contributed by atoms with Gasteiger partial charge in [0.25, 0.3) is 0 Å². The summed E-state index contributed by atoms with van der Waals surface area (Å²) in [5.74, 6) is 0.778. The van der Waals surface area contributed by atoms with Gasteiger partial charge >= 0.3 is 0 Å². The molecule has 136 valence electrons. The summed E-state index contributed by atoms with van der Waals surface area (Å²) in [5.41, 5.74) is 1.49. The van der Waals surface area contributed by atoms with Crippen LogP contribution in [0.4, 0.5) is 0 Å². The Kier molecular flexibility index (Phi) is 6.12. The number of halogens is 1. The van der Waals surface area contributed by atoms with Gasteiger partial charge in [-0.2, -0.15) is 0 Å². The molecule has 0 fully saturated rings. The molecule has 5 heteroatoms. The SMILES string of the molecule is C=CCOc1c(Br)cccc1C1=C[C@H](O[Si](C)(C)C(C)(C)C)CC1=O. The van der Waals surface area contributed by atoms with Crippen molar-refractivity contribution in [3.8, 4) is 5.75 Å². The summed E-state index contributed by atoms with van der Waals surface area (Å²) in [6.07, 6.45) is 3.90. The third-order valence-corrected chi connectivity index (χ3v) is 10.0. The van der Waals surface area contributed by atoms with Crippen LogP contribution < -0.4 is 4.74 Å². The van der Waals surface area contributed by atoms with Gasteiger partial charge in [-0.3, -0.25) is 4.79 Å². The van der Waals surface area contributed by atoms with Gasteiger partial charge in [0.2, 0.25) is 0 Å². The van der Waals surface area contributed by atoms with Crippen LogP contribution in [0.1, 0.15) is 32.8 Å².